The topological polar surface area (TPSA) is 32.5 Å². The molecule has 1 aromatic rings. The van der Waals surface area contributed by atoms with E-state index in [4.69, 9.17) is 17.3 Å². The highest BCUT2D eigenvalue weighted by atomic mass is 35.5. The number of nitrogens with two attached hydrogens (primary N) is 1. The maximum absolute atomic E-state index is 5.92. The van der Waals surface area contributed by atoms with Crippen LogP contribution in [0.4, 0.5) is 0 Å². The van der Waals surface area contributed by atoms with Crippen molar-refractivity contribution in [3.8, 4) is 0 Å². The Hall–Kier alpha value is -0.610. The summed E-state index contributed by atoms with van der Waals surface area (Å²) in [6.45, 7) is 7.66. The van der Waals surface area contributed by atoms with E-state index in [-0.39, 0.29) is 0 Å². The van der Waals surface area contributed by atoms with Crippen LogP contribution in [0.3, 0.4) is 0 Å². The number of halogens is 1. The van der Waals surface area contributed by atoms with Crippen molar-refractivity contribution in [2.75, 3.05) is 39.3 Å². The Morgan fingerprint density at radius 1 is 1.00 bits per heavy atom. The minimum atomic E-state index is 0.797. The lowest BCUT2D eigenvalue weighted by molar-refractivity contribution is 0.251. The van der Waals surface area contributed by atoms with Crippen molar-refractivity contribution < 1.29 is 0 Å². The second-order valence-electron chi connectivity index (χ2n) is 5.24. The molecule has 1 aliphatic heterocycles. The predicted molar refractivity (Wildman–Crippen MR) is 81.5 cm³/mol. The molecule has 106 valence electrons. The van der Waals surface area contributed by atoms with E-state index in [1.807, 2.05) is 12.1 Å². The second-order valence-corrected chi connectivity index (χ2v) is 5.68. The first kappa shape index (κ1) is 14.8. The third kappa shape index (κ3) is 5.11. The van der Waals surface area contributed by atoms with Crippen LogP contribution in [0.2, 0.25) is 5.02 Å². The first-order valence-electron chi connectivity index (χ1n) is 7.17. The van der Waals surface area contributed by atoms with Crippen molar-refractivity contribution in [2.45, 2.75) is 19.4 Å². The van der Waals surface area contributed by atoms with Crippen molar-refractivity contribution in [1.29, 1.82) is 0 Å². The van der Waals surface area contributed by atoms with E-state index in [1.54, 1.807) is 0 Å². The van der Waals surface area contributed by atoms with Gasteiger partial charge < -0.3 is 10.6 Å². The van der Waals surface area contributed by atoms with Gasteiger partial charge in [0.05, 0.1) is 0 Å². The van der Waals surface area contributed by atoms with Crippen LogP contribution in [0.15, 0.2) is 24.3 Å². The molecule has 1 aliphatic rings. The lowest BCUT2D eigenvalue weighted by Gasteiger charge is -2.21. The van der Waals surface area contributed by atoms with Gasteiger partial charge in [0.15, 0.2) is 0 Å². The number of hydrogen-bond acceptors (Lipinski definition) is 3. The largest absolute Gasteiger partial charge is 0.330 e. The molecule has 1 saturated heterocycles. The summed E-state index contributed by atoms with van der Waals surface area (Å²) in [4.78, 5) is 5.07. The number of hydrogen-bond donors (Lipinski definition) is 1. The molecule has 2 rings (SSSR count). The minimum Gasteiger partial charge on any atom is -0.330 e. The molecule has 19 heavy (non-hydrogen) atoms. The van der Waals surface area contributed by atoms with Crippen molar-refractivity contribution in [2.24, 2.45) is 5.73 Å². The maximum atomic E-state index is 5.92. The van der Waals surface area contributed by atoms with Crippen molar-refractivity contribution in [3.63, 3.8) is 0 Å². The van der Waals surface area contributed by atoms with Crippen molar-refractivity contribution >= 4 is 11.6 Å². The quantitative estimate of drug-likeness (QED) is 0.898. The third-order valence-corrected chi connectivity index (χ3v) is 3.93. The van der Waals surface area contributed by atoms with Gasteiger partial charge in [-0.15, -0.1) is 0 Å². The number of nitrogens with zero attached hydrogens (tertiary/aromatic N) is 2. The first-order chi connectivity index (χ1) is 9.28. The Morgan fingerprint density at radius 3 is 2.42 bits per heavy atom. The van der Waals surface area contributed by atoms with Crippen LogP contribution >= 0.6 is 11.6 Å². The zero-order valence-corrected chi connectivity index (χ0v) is 12.3. The molecule has 4 heteroatoms. The fourth-order valence-electron chi connectivity index (χ4n) is 2.57. The zero-order valence-electron chi connectivity index (χ0n) is 11.5. The monoisotopic (exact) mass is 281 g/mol. The minimum absolute atomic E-state index is 0.797. The van der Waals surface area contributed by atoms with Crippen LogP contribution in [0, 0.1) is 0 Å². The van der Waals surface area contributed by atoms with Crippen LogP contribution in [0.1, 0.15) is 18.4 Å². The molecule has 0 spiro atoms. The molecule has 1 fully saturated rings. The van der Waals surface area contributed by atoms with Gasteiger partial charge in [-0.05, 0) is 56.7 Å². The lowest BCUT2D eigenvalue weighted by Crippen LogP contribution is -2.31. The first-order valence-corrected chi connectivity index (χ1v) is 7.55. The highest BCUT2D eigenvalue weighted by Gasteiger charge is 2.14. The van der Waals surface area contributed by atoms with E-state index in [9.17, 15) is 0 Å². The molecule has 0 saturated carbocycles. The summed E-state index contributed by atoms with van der Waals surface area (Å²) >= 11 is 5.92. The highest BCUT2D eigenvalue weighted by Crippen LogP contribution is 2.13. The average molecular weight is 282 g/mol. The summed E-state index contributed by atoms with van der Waals surface area (Å²) in [5.41, 5.74) is 6.93. The van der Waals surface area contributed by atoms with Gasteiger partial charge in [0, 0.05) is 24.7 Å². The Morgan fingerprint density at radius 2 is 1.68 bits per heavy atom. The zero-order chi connectivity index (χ0) is 13.5. The molecule has 0 bridgehead atoms. The van der Waals surface area contributed by atoms with Crippen LogP contribution < -0.4 is 5.73 Å². The molecular weight excluding hydrogens is 258 g/mol. The van der Waals surface area contributed by atoms with E-state index < -0.39 is 0 Å². The molecule has 0 amide bonds. The Labute approximate surface area is 121 Å². The summed E-state index contributed by atoms with van der Waals surface area (Å²) < 4.78 is 0. The lowest BCUT2D eigenvalue weighted by atomic mass is 10.2. The van der Waals surface area contributed by atoms with Gasteiger partial charge in [-0.25, -0.2) is 0 Å². The van der Waals surface area contributed by atoms with Gasteiger partial charge in [0.25, 0.3) is 0 Å². The smallest absolute Gasteiger partial charge is 0.0406 e. The van der Waals surface area contributed by atoms with Crippen molar-refractivity contribution in [1.82, 2.24) is 9.80 Å². The molecule has 0 aliphatic carbocycles. The Balaban J connectivity index is 1.80. The van der Waals surface area contributed by atoms with Gasteiger partial charge in [-0.2, -0.15) is 0 Å². The van der Waals surface area contributed by atoms with Gasteiger partial charge in [-0.1, -0.05) is 23.7 Å². The molecule has 0 unspecified atom stereocenters. The molecule has 0 radical (unpaired) electrons. The average Bonchev–Trinajstić information content (AvgIpc) is 2.64. The van der Waals surface area contributed by atoms with Crippen LogP contribution in [-0.2, 0) is 6.54 Å². The second kappa shape index (κ2) is 7.85. The molecule has 0 atom stereocenters. The van der Waals surface area contributed by atoms with Crippen molar-refractivity contribution in [3.05, 3.63) is 34.9 Å². The van der Waals surface area contributed by atoms with E-state index >= 15 is 0 Å². The molecular formula is C15H24ClN3. The fraction of sp³-hybridized carbons (Fsp3) is 0.600. The fourth-order valence-corrected chi connectivity index (χ4v) is 2.69. The summed E-state index contributed by atoms with van der Waals surface area (Å²) in [7, 11) is 0. The molecule has 1 aromatic carbocycles. The molecule has 2 N–H and O–H groups in total. The normalized spacial score (nSPS) is 18.4. The van der Waals surface area contributed by atoms with E-state index in [1.165, 1.54) is 25.1 Å². The van der Waals surface area contributed by atoms with Gasteiger partial charge in [-0.3, -0.25) is 4.90 Å². The van der Waals surface area contributed by atoms with Gasteiger partial charge in [0.2, 0.25) is 0 Å². The summed E-state index contributed by atoms with van der Waals surface area (Å²) in [6.07, 6.45) is 2.36. The maximum Gasteiger partial charge on any atom is 0.0406 e. The van der Waals surface area contributed by atoms with Gasteiger partial charge in [0.1, 0.15) is 0 Å². The summed E-state index contributed by atoms with van der Waals surface area (Å²) in [5.74, 6) is 0. The van der Waals surface area contributed by atoms with E-state index in [2.05, 4.69) is 21.9 Å². The summed E-state index contributed by atoms with van der Waals surface area (Å²) in [6, 6.07) is 8.20. The van der Waals surface area contributed by atoms with Gasteiger partial charge >= 0.3 is 0 Å². The predicted octanol–water partition coefficient (Wildman–Crippen LogP) is 2.20. The third-order valence-electron chi connectivity index (χ3n) is 3.68. The SMILES string of the molecule is NCCCN1CCCN(Cc2ccc(Cl)cc2)CC1. The van der Waals surface area contributed by atoms with E-state index in [0.29, 0.717) is 0 Å². The molecule has 3 nitrogen and oxygen atoms in total. The van der Waals surface area contributed by atoms with E-state index in [0.717, 1.165) is 44.2 Å². The molecule has 0 aromatic heterocycles. The Kier molecular flexibility index (Phi) is 6.11. The standard InChI is InChI=1S/C15H24ClN3/c16-15-5-3-14(4-6-15)13-19-10-2-9-18(11-12-19)8-1-7-17/h3-6H,1-2,7-13,17H2. The summed E-state index contributed by atoms with van der Waals surface area (Å²) in [5, 5.41) is 0.813. The molecule has 1 heterocycles. The van der Waals surface area contributed by atoms with Crippen LogP contribution in [0.5, 0.6) is 0 Å². The number of benzene rings is 1. The van der Waals surface area contributed by atoms with Crippen LogP contribution in [0.25, 0.3) is 0 Å². The Bertz CT molecular complexity index is 366. The van der Waals surface area contributed by atoms with Crippen LogP contribution in [-0.4, -0.2) is 49.1 Å². The number of rotatable bonds is 5. The highest BCUT2D eigenvalue weighted by molar-refractivity contribution is 6.30.